The summed E-state index contributed by atoms with van der Waals surface area (Å²) in [5.74, 6) is -0.0251. The molecule has 0 radical (unpaired) electrons. The van der Waals surface area contributed by atoms with Crippen molar-refractivity contribution in [1.29, 1.82) is 0 Å². The first-order valence-electron chi connectivity index (χ1n) is 8.47. The van der Waals surface area contributed by atoms with E-state index in [0.29, 0.717) is 29.9 Å². The van der Waals surface area contributed by atoms with E-state index in [1.807, 2.05) is 0 Å². The van der Waals surface area contributed by atoms with Crippen molar-refractivity contribution in [2.45, 2.75) is 23.8 Å². The van der Waals surface area contributed by atoms with Crippen molar-refractivity contribution in [2.24, 2.45) is 0 Å². The van der Waals surface area contributed by atoms with Gasteiger partial charge in [0.25, 0.3) is 5.69 Å². The van der Waals surface area contributed by atoms with Crippen LogP contribution in [0.5, 0.6) is 11.5 Å². The molecule has 0 saturated carbocycles. The van der Waals surface area contributed by atoms with Crippen molar-refractivity contribution in [3.8, 4) is 11.5 Å². The largest absolute Gasteiger partial charge is 0.497 e. The second kappa shape index (κ2) is 7.72. The van der Waals surface area contributed by atoms with Gasteiger partial charge in [-0.05, 0) is 37.1 Å². The number of halogens is 1. The summed E-state index contributed by atoms with van der Waals surface area (Å²) in [5, 5.41) is 11.0. The summed E-state index contributed by atoms with van der Waals surface area (Å²) in [6.45, 7) is 0.162. The van der Waals surface area contributed by atoms with Crippen molar-refractivity contribution in [3.63, 3.8) is 0 Å². The van der Waals surface area contributed by atoms with Crippen LogP contribution in [0.2, 0.25) is 0 Å². The molecule has 1 aliphatic heterocycles. The molecule has 2 aromatic rings. The Hall–Kier alpha value is -2.72. The van der Waals surface area contributed by atoms with Crippen molar-refractivity contribution in [1.82, 2.24) is 4.31 Å². The molecule has 0 unspecified atom stereocenters. The third-order valence-electron chi connectivity index (χ3n) is 4.71. The Morgan fingerprint density at radius 1 is 1.18 bits per heavy atom. The van der Waals surface area contributed by atoms with Crippen LogP contribution in [-0.2, 0) is 10.0 Å². The summed E-state index contributed by atoms with van der Waals surface area (Å²) in [4.78, 5) is 9.53. The second-order valence-corrected chi connectivity index (χ2v) is 8.11. The van der Waals surface area contributed by atoms with Gasteiger partial charge in [-0.25, -0.2) is 12.8 Å². The number of sulfonamides is 1. The van der Waals surface area contributed by atoms with E-state index >= 15 is 0 Å². The van der Waals surface area contributed by atoms with Crippen LogP contribution in [0.1, 0.15) is 24.4 Å². The second-order valence-electron chi connectivity index (χ2n) is 6.25. The zero-order valence-electron chi connectivity index (χ0n) is 15.3. The van der Waals surface area contributed by atoms with Crippen LogP contribution < -0.4 is 9.47 Å². The maximum atomic E-state index is 14.3. The van der Waals surface area contributed by atoms with Crippen molar-refractivity contribution in [2.75, 3.05) is 20.8 Å². The van der Waals surface area contributed by atoms with E-state index in [1.165, 1.54) is 14.2 Å². The third kappa shape index (κ3) is 3.52. The molecule has 0 aliphatic carbocycles. The summed E-state index contributed by atoms with van der Waals surface area (Å²) in [7, 11) is -1.34. The fourth-order valence-electron chi connectivity index (χ4n) is 3.37. The molecule has 1 atom stereocenters. The average Bonchev–Trinajstić information content (AvgIpc) is 3.18. The number of hydrogen-bond acceptors (Lipinski definition) is 6. The normalized spacial score (nSPS) is 17.5. The van der Waals surface area contributed by atoms with E-state index in [1.54, 1.807) is 18.2 Å². The van der Waals surface area contributed by atoms with Crippen LogP contribution in [-0.4, -0.2) is 38.4 Å². The fourth-order valence-corrected chi connectivity index (χ4v) is 5.13. The van der Waals surface area contributed by atoms with Crippen LogP contribution in [0, 0.1) is 15.9 Å². The molecular formula is C18H19FN2O6S. The molecular weight excluding hydrogens is 391 g/mol. The first-order valence-corrected chi connectivity index (χ1v) is 9.91. The molecule has 28 heavy (non-hydrogen) atoms. The van der Waals surface area contributed by atoms with Gasteiger partial charge in [0.1, 0.15) is 22.2 Å². The van der Waals surface area contributed by atoms with E-state index in [0.717, 1.165) is 22.5 Å². The van der Waals surface area contributed by atoms with Crippen LogP contribution in [0.3, 0.4) is 0 Å². The number of methoxy groups -OCH3 is 2. The van der Waals surface area contributed by atoms with Gasteiger partial charge in [0.05, 0.1) is 25.2 Å². The predicted octanol–water partition coefficient (Wildman–Crippen LogP) is 3.28. The summed E-state index contributed by atoms with van der Waals surface area (Å²) < 4.78 is 52.4. The molecule has 1 heterocycles. The maximum Gasteiger partial charge on any atom is 0.270 e. The van der Waals surface area contributed by atoms with E-state index in [4.69, 9.17) is 9.47 Å². The number of hydrogen-bond donors (Lipinski definition) is 0. The Bertz CT molecular complexity index is 1010. The van der Waals surface area contributed by atoms with Gasteiger partial charge >= 0.3 is 0 Å². The topological polar surface area (TPSA) is 99.0 Å². The minimum Gasteiger partial charge on any atom is -0.497 e. The molecule has 1 aliphatic rings. The molecule has 0 N–H and O–H groups in total. The lowest BCUT2D eigenvalue weighted by Gasteiger charge is -2.26. The molecule has 8 nitrogen and oxygen atoms in total. The van der Waals surface area contributed by atoms with Crippen molar-refractivity contribution in [3.05, 3.63) is 57.9 Å². The quantitative estimate of drug-likeness (QED) is 0.535. The highest BCUT2D eigenvalue weighted by atomic mass is 32.2. The smallest absolute Gasteiger partial charge is 0.270 e. The molecule has 3 rings (SSSR count). The predicted molar refractivity (Wildman–Crippen MR) is 98.5 cm³/mol. The third-order valence-corrected chi connectivity index (χ3v) is 6.63. The molecule has 1 saturated heterocycles. The van der Waals surface area contributed by atoms with Gasteiger partial charge in [-0.2, -0.15) is 4.31 Å². The highest BCUT2D eigenvalue weighted by molar-refractivity contribution is 7.89. The Labute approximate surface area is 161 Å². The molecule has 10 heteroatoms. The number of nitrogens with zero attached hydrogens (tertiary/aromatic N) is 2. The highest BCUT2D eigenvalue weighted by Crippen LogP contribution is 2.42. The van der Waals surface area contributed by atoms with E-state index in [-0.39, 0.29) is 6.54 Å². The number of rotatable bonds is 6. The van der Waals surface area contributed by atoms with Crippen LogP contribution in [0.4, 0.5) is 10.1 Å². The molecule has 0 bridgehead atoms. The van der Waals surface area contributed by atoms with E-state index in [9.17, 15) is 22.9 Å². The van der Waals surface area contributed by atoms with Gasteiger partial charge in [0, 0.05) is 24.2 Å². The van der Waals surface area contributed by atoms with Gasteiger partial charge in [-0.15, -0.1) is 0 Å². The van der Waals surface area contributed by atoms with Gasteiger partial charge in [0.2, 0.25) is 10.0 Å². The van der Waals surface area contributed by atoms with Crippen molar-refractivity contribution < 1.29 is 27.2 Å². The molecule has 0 aromatic heterocycles. The molecule has 0 amide bonds. The lowest BCUT2D eigenvalue weighted by Crippen LogP contribution is -2.31. The fraction of sp³-hybridized carbons (Fsp3) is 0.333. The molecule has 150 valence electrons. The monoisotopic (exact) mass is 410 g/mol. The number of non-ortho nitro benzene ring substituents is 1. The number of nitro benzene ring substituents is 1. The summed E-state index contributed by atoms with van der Waals surface area (Å²) in [6.07, 6.45) is 1.06. The first kappa shape index (κ1) is 20.0. The van der Waals surface area contributed by atoms with Crippen LogP contribution in [0.15, 0.2) is 41.3 Å². The minimum absolute atomic E-state index is 0.162. The summed E-state index contributed by atoms with van der Waals surface area (Å²) in [6, 6.07) is 6.92. The minimum atomic E-state index is -4.31. The SMILES string of the molecule is COc1ccc(OC)c([C@@H]2CCCN2S(=O)(=O)c2cc([N+](=O)[O-])ccc2F)c1. The number of benzene rings is 2. The van der Waals surface area contributed by atoms with Gasteiger partial charge in [0.15, 0.2) is 0 Å². The number of nitro groups is 1. The molecule has 0 spiro atoms. The summed E-state index contributed by atoms with van der Waals surface area (Å²) in [5.41, 5.74) is 0.100. The Morgan fingerprint density at radius 3 is 2.57 bits per heavy atom. The van der Waals surface area contributed by atoms with E-state index in [2.05, 4.69) is 0 Å². The van der Waals surface area contributed by atoms with Gasteiger partial charge < -0.3 is 9.47 Å². The van der Waals surface area contributed by atoms with E-state index < -0.39 is 37.4 Å². The van der Waals surface area contributed by atoms with Crippen molar-refractivity contribution >= 4 is 15.7 Å². The lowest BCUT2D eigenvalue weighted by molar-refractivity contribution is -0.385. The summed E-state index contributed by atoms with van der Waals surface area (Å²) >= 11 is 0. The zero-order valence-corrected chi connectivity index (χ0v) is 16.1. The maximum absolute atomic E-state index is 14.3. The molecule has 2 aromatic carbocycles. The van der Waals surface area contributed by atoms with Crippen LogP contribution >= 0.6 is 0 Å². The zero-order chi connectivity index (χ0) is 20.5. The first-order chi connectivity index (χ1) is 13.3. The molecule has 1 fully saturated rings. The highest BCUT2D eigenvalue weighted by Gasteiger charge is 2.39. The Balaban J connectivity index is 2.08. The van der Waals surface area contributed by atoms with Gasteiger partial charge in [-0.1, -0.05) is 0 Å². The number of ether oxygens (including phenoxy) is 2. The Kier molecular flexibility index (Phi) is 5.52. The Morgan fingerprint density at radius 2 is 1.93 bits per heavy atom. The van der Waals surface area contributed by atoms with Crippen LogP contribution in [0.25, 0.3) is 0 Å². The lowest BCUT2D eigenvalue weighted by atomic mass is 10.0. The average molecular weight is 410 g/mol. The standard InChI is InChI=1S/C18H19FN2O6S/c1-26-13-6-8-17(27-2)14(11-13)16-4-3-9-20(16)28(24,25)18-10-12(21(22)23)5-7-15(18)19/h5-8,10-11,16H,3-4,9H2,1-2H3/t16-/m0/s1. The van der Waals surface area contributed by atoms with Gasteiger partial charge in [-0.3, -0.25) is 10.1 Å².